The average Bonchev–Trinajstić information content (AvgIpc) is 2.81. The maximum absolute atomic E-state index is 12.5. The van der Waals surface area contributed by atoms with Gasteiger partial charge in [0.2, 0.25) is 5.72 Å². The molecule has 1 unspecified atom stereocenters. The average molecular weight is 296 g/mol. The fourth-order valence-corrected chi connectivity index (χ4v) is 2.65. The van der Waals surface area contributed by atoms with Gasteiger partial charge >= 0.3 is 5.91 Å². The molecule has 0 fully saturated rings. The molecule has 0 spiro atoms. The first-order valence-corrected chi connectivity index (χ1v) is 7.17. The highest BCUT2D eigenvalue weighted by Crippen LogP contribution is 2.33. The molecule has 2 heterocycles. The maximum atomic E-state index is 12.5. The molecule has 0 aromatic heterocycles. The summed E-state index contributed by atoms with van der Waals surface area (Å²) in [6.45, 7) is 2.11. The molecule has 0 aliphatic carbocycles. The molecule has 0 N–H and O–H groups in total. The van der Waals surface area contributed by atoms with Crippen molar-refractivity contribution in [1.29, 1.82) is 0 Å². The van der Waals surface area contributed by atoms with Gasteiger partial charge in [0.05, 0.1) is 6.42 Å². The van der Waals surface area contributed by atoms with Crippen LogP contribution in [0.15, 0.2) is 59.8 Å². The number of nitrogens with zero attached hydrogens (tertiary/aromatic N) is 2. The van der Waals surface area contributed by atoms with E-state index in [2.05, 4.69) is 4.99 Å². The van der Waals surface area contributed by atoms with E-state index < -0.39 is 11.6 Å². The van der Waals surface area contributed by atoms with Crippen LogP contribution in [0.5, 0.6) is 0 Å². The number of allylic oxidation sites excluding steroid dienone is 2. The van der Waals surface area contributed by atoms with Crippen LogP contribution in [-0.4, -0.2) is 34.8 Å². The molecule has 22 heavy (non-hydrogen) atoms. The van der Waals surface area contributed by atoms with Crippen LogP contribution < -0.4 is 0 Å². The molecule has 2 aliphatic rings. The third-order valence-electron chi connectivity index (χ3n) is 3.66. The zero-order chi connectivity index (χ0) is 15.6. The van der Waals surface area contributed by atoms with Crippen molar-refractivity contribution in [1.82, 2.24) is 4.90 Å². The molecule has 0 saturated heterocycles. The van der Waals surface area contributed by atoms with Crippen molar-refractivity contribution in [2.75, 3.05) is 6.61 Å². The first-order chi connectivity index (χ1) is 10.7. The number of hydrogen-bond acceptors (Lipinski definition) is 4. The quantitative estimate of drug-likeness (QED) is 0.782. The second-order valence-electron chi connectivity index (χ2n) is 5.03. The summed E-state index contributed by atoms with van der Waals surface area (Å²) in [6, 6.07) is 8.89. The lowest BCUT2D eigenvalue weighted by atomic mass is 9.99. The minimum atomic E-state index is -1.38. The number of carbonyl (C=O) groups excluding carboxylic acids is 2. The Kier molecular flexibility index (Phi) is 3.73. The monoisotopic (exact) mass is 296 g/mol. The van der Waals surface area contributed by atoms with Crippen LogP contribution in [0.4, 0.5) is 0 Å². The number of hydrogen-bond donors (Lipinski definition) is 0. The maximum Gasteiger partial charge on any atom is 0.302 e. The number of amides is 1. The van der Waals surface area contributed by atoms with E-state index in [1.165, 1.54) is 0 Å². The van der Waals surface area contributed by atoms with Crippen molar-refractivity contribution >= 4 is 17.5 Å². The van der Waals surface area contributed by atoms with Crippen molar-refractivity contribution in [2.24, 2.45) is 4.99 Å². The minimum Gasteiger partial charge on any atom is -0.347 e. The van der Waals surface area contributed by atoms with Gasteiger partial charge in [0.25, 0.3) is 0 Å². The van der Waals surface area contributed by atoms with Gasteiger partial charge in [-0.1, -0.05) is 36.4 Å². The summed E-state index contributed by atoms with van der Waals surface area (Å²) in [4.78, 5) is 30.7. The van der Waals surface area contributed by atoms with Crippen LogP contribution in [0.25, 0.3) is 0 Å². The third kappa shape index (κ3) is 2.29. The number of ether oxygens (including phenoxy) is 1. The number of benzene rings is 1. The predicted octanol–water partition coefficient (Wildman–Crippen LogP) is 2.32. The Morgan fingerprint density at radius 3 is 2.77 bits per heavy atom. The van der Waals surface area contributed by atoms with E-state index in [-0.39, 0.29) is 12.2 Å². The van der Waals surface area contributed by atoms with Crippen molar-refractivity contribution in [2.45, 2.75) is 19.1 Å². The van der Waals surface area contributed by atoms with Crippen LogP contribution >= 0.6 is 0 Å². The predicted molar refractivity (Wildman–Crippen MR) is 82.3 cm³/mol. The van der Waals surface area contributed by atoms with Gasteiger partial charge in [0, 0.05) is 18.4 Å². The smallest absolute Gasteiger partial charge is 0.302 e. The van der Waals surface area contributed by atoms with E-state index in [4.69, 9.17) is 4.74 Å². The molecule has 1 aromatic rings. The Morgan fingerprint density at radius 2 is 2.05 bits per heavy atom. The topological polar surface area (TPSA) is 59.0 Å². The van der Waals surface area contributed by atoms with Crippen LogP contribution in [-0.2, 0) is 9.53 Å². The van der Waals surface area contributed by atoms with Crippen molar-refractivity contribution < 1.29 is 14.3 Å². The summed E-state index contributed by atoms with van der Waals surface area (Å²) in [5.74, 6) is -0.0894. The summed E-state index contributed by atoms with van der Waals surface area (Å²) in [6.07, 6.45) is 6.96. The summed E-state index contributed by atoms with van der Waals surface area (Å²) < 4.78 is 5.72. The number of fused-ring (bicyclic) bond motifs is 1. The number of carbonyl (C=O) groups is 2. The van der Waals surface area contributed by atoms with E-state index in [9.17, 15) is 9.59 Å². The van der Waals surface area contributed by atoms with Crippen LogP contribution in [0, 0.1) is 0 Å². The molecule has 1 atom stereocenters. The highest BCUT2D eigenvalue weighted by Gasteiger charge is 2.52. The fraction of sp³-hybridized carbons (Fsp3) is 0.235. The highest BCUT2D eigenvalue weighted by molar-refractivity contribution is 6.13. The van der Waals surface area contributed by atoms with Gasteiger partial charge in [0.1, 0.15) is 5.84 Å². The van der Waals surface area contributed by atoms with Gasteiger partial charge in [-0.15, -0.1) is 0 Å². The van der Waals surface area contributed by atoms with E-state index in [1.54, 1.807) is 60.5 Å². The fourth-order valence-electron chi connectivity index (χ4n) is 2.65. The second kappa shape index (κ2) is 5.69. The molecular formula is C17H16N2O3. The van der Waals surface area contributed by atoms with Gasteiger partial charge in [0.15, 0.2) is 5.78 Å². The van der Waals surface area contributed by atoms with Gasteiger partial charge in [-0.05, 0) is 19.1 Å². The van der Waals surface area contributed by atoms with Crippen LogP contribution in [0.1, 0.15) is 23.7 Å². The molecule has 0 saturated carbocycles. The van der Waals surface area contributed by atoms with Gasteiger partial charge in [-0.3, -0.25) is 14.5 Å². The van der Waals surface area contributed by atoms with Gasteiger partial charge < -0.3 is 4.74 Å². The molecule has 112 valence electrons. The number of aliphatic imine (C=N–C) groups is 1. The molecule has 2 aliphatic heterocycles. The Morgan fingerprint density at radius 1 is 1.27 bits per heavy atom. The summed E-state index contributed by atoms with van der Waals surface area (Å²) in [7, 11) is 0. The van der Waals surface area contributed by atoms with E-state index in [0.717, 1.165) is 0 Å². The van der Waals surface area contributed by atoms with E-state index in [0.29, 0.717) is 18.0 Å². The Bertz CT molecular complexity index is 691. The standard InChI is InChI=1S/C17H16N2O3/c1-2-22-17(12-14(20)13-8-4-3-5-9-13)16(21)18-15-10-6-7-11-19(15)17/h3-11H,2,12H2,1H3. The third-order valence-corrected chi connectivity index (χ3v) is 3.66. The molecule has 1 aromatic carbocycles. The largest absolute Gasteiger partial charge is 0.347 e. The lowest BCUT2D eigenvalue weighted by Gasteiger charge is -2.35. The van der Waals surface area contributed by atoms with Gasteiger partial charge in [-0.2, -0.15) is 4.99 Å². The molecular weight excluding hydrogens is 280 g/mol. The normalized spacial score (nSPS) is 22.7. The van der Waals surface area contributed by atoms with Crippen molar-refractivity contribution in [3.05, 3.63) is 60.3 Å². The SMILES string of the molecule is CCOC1(CC(=O)c2ccccc2)C(=O)N=C2C=CC=CN21. The van der Waals surface area contributed by atoms with Crippen LogP contribution in [0.3, 0.4) is 0 Å². The summed E-state index contributed by atoms with van der Waals surface area (Å²) >= 11 is 0. The lowest BCUT2D eigenvalue weighted by Crippen LogP contribution is -2.52. The van der Waals surface area contributed by atoms with Crippen molar-refractivity contribution in [3.8, 4) is 0 Å². The number of rotatable bonds is 5. The molecule has 0 radical (unpaired) electrons. The molecule has 1 amide bonds. The number of ketones is 1. The first kappa shape index (κ1) is 14.4. The second-order valence-corrected chi connectivity index (χ2v) is 5.03. The molecule has 3 rings (SSSR count). The van der Waals surface area contributed by atoms with E-state index >= 15 is 0 Å². The molecule has 5 nitrogen and oxygen atoms in total. The van der Waals surface area contributed by atoms with Gasteiger partial charge in [-0.25, -0.2) is 0 Å². The number of Topliss-reactive ketones (excluding diaryl/α,β-unsaturated/α-hetero) is 1. The van der Waals surface area contributed by atoms with E-state index in [1.807, 2.05) is 6.07 Å². The van der Waals surface area contributed by atoms with Crippen molar-refractivity contribution in [3.63, 3.8) is 0 Å². The first-order valence-electron chi connectivity index (χ1n) is 7.17. The Hall–Kier alpha value is -2.53. The minimum absolute atomic E-state index is 0.0745. The summed E-state index contributed by atoms with van der Waals surface area (Å²) in [5, 5.41) is 0. The summed E-state index contributed by atoms with van der Waals surface area (Å²) in [5.41, 5.74) is -0.822. The zero-order valence-corrected chi connectivity index (χ0v) is 12.2. The highest BCUT2D eigenvalue weighted by atomic mass is 16.5. The Labute approximate surface area is 128 Å². The molecule has 0 bridgehead atoms. The lowest BCUT2D eigenvalue weighted by molar-refractivity contribution is -0.154. The number of amidine groups is 1. The van der Waals surface area contributed by atoms with Crippen LogP contribution in [0.2, 0.25) is 0 Å². The Balaban J connectivity index is 1.93. The zero-order valence-electron chi connectivity index (χ0n) is 12.2. The molecule has 5 heteroatoms.